The standard InChI is InChI=1S/C19H16O6/c1-11(20)25-19-18(12-2-4-15(21)5-3-12)8-14(10-24-19)13-6-16(22)9-17(23)7-13/h2-10,19,21-23H,1H3. The Morgan fingerprint density at radius 3 is 2.20 bits per heavy atom. The van der Waals surface area contributed by atoms with Crippen molar-refractivity contribution in [1.82, 2.24) is 0 Å². The number of carbonyl (C=O) groups is 1. The quantitative estimate of drug-likeness (QED) is 0.743. The molecule has 1 heterocycles. The van der Waals surface area contributed by atoms with Crippen LogP contribution in [-0.4, -0.2) is 27.6 Å². The zero-order chi connectivity index (χ0) is 18.0. The topological polar surface area (TPSA) is 96.2 Å². The lowest BCUT2D eigenvalue weighted by molar-refractivity contribution is -0.157. The zero-order valence-corrected chi connectivity index (χ0v) is 13.3. The summed E-state index contributed by atoms with van der Waals surface area (Å²) in [5.41, 5.74) is 2.38. The van der Waals surface area contributed by atoms with Crippen LogP contribution in [0.25, 0.3) is 11.1 Å². The first-order valence-corrected chi connectivity index (χ1v) is 7.49. The highest BCUT2D eigenvalue weighted by Gasteiger charge is 2.24. The summed E-state index contributed by atoms with van der Waals surface area (Å²) in [6.45, 7) is 1.28. The smallest absolute Gasteiger partial charge is 0.305 e. The van der Waals surface area contributed by atoms with Gasteiger partial charge in [-0.25, -0.2) is 0 Å². The van der Waals surface area contributed by atoms with Crippen molar-refractivity contribution in [3.8, 4) is 17.2 Å². The SMILES string of the molecule is CC(=O)OC1OC=C(c2cc(O)cc(O)c2)C=C1c1ccc(O)cc1. The second-order valence-electron chi connectivity index (χ2n) is 5.54. The van der Waals surface area contributed by atoms with E-state index < -0.39 is 12.3 Å². The Bertz CT molecular complexity index is 844. The first kappa shape index (κ1) is 16.4. The number of benzene rings is 2. The van der Waals surface area contributed by atoms with Gasteiger partial charge in [0.2, 0.25) is 0 Å². The van der Waals surface area contributed by atoms with Gasteiger partial charge in [-0.2, -0.15) is 0 Å². The molecule has 0 saturated carbocycles. The van der Waals surface area contributed by atoms with E-state index in [0.717, 1.165) is 0 Å². The van der Waals surface area contributed by atoms with Gasteiger partial charge in [0.25, 0.3) is 6.29 Å². The molecule has 25 heavy (non-hydrogen) atoms. The molecule has 0 bridgehead atoms. The number of phenols is 3. The predicted molar refractivity (Wildman–Crippen MR) is 90.5 cm³/mol. The molecule has 128 valence electrons. The van der Waals surface area contributed by atoms with Gasteiger partial charge in [0.05, 0.1) is 6.26 Å². The number of phenolic OH excluding ortho intramolecular Hbond substituents is 3. The molecule has 2 aromatic rings. The number of esters is 1. The second-order valence-corrected chi connectivity index (χ2v) is 5.54. The molecule has 1 atom stereocenters. The van der Waals surface area contributed by atoms with E-state index in [1.165, 1.54) is 43.5 Å². The van der Waals surface area contributed by atoms with Crippen LogP contribution in [0, 0.1) is 0 Å². The predicted octanol–water partition coefficient (Wildman–Crippen LogP) is 3.15. The molecule has 0 aliphatic carbocycles. The molecule has 0 amide bonds. The van der Waals surface area contributed by atoms with E-state index in [2.05, 4.69) is 0 Å². The Labute approximate surface area is 143 Å². The number of hydrogen-bond donors (Lipinski definition) is 3. The van der Waals surface area contributed by atoms with Crippen LogP contribution in [0.1, 0.15) is 18.1 Å². The fourth-order valence-electron chi connectivity index (χ4n) is 2.51. The van der Waals surface area contributed by atoms with Gasteiger partial charge in [-0.3, -0.25) is 4.79 Å². The maximum Gasteiger partial charge on any atom is 0.305 e. The molecule has 0 aromatic heterocycles. The van der Waals surface area contributed by atoms with Crippen molar-refractivity contribution < 1.29 is 29.6 Å². The summed E-state index contributed by atoms with van der Waals surface area (Å²) in [5, 5.41) is 28.8. The van der Waals surface area contributed by atoms with Crippen molar-refractivity contribution in [2.24, 2.45) is 0 Å². The van der Waals surface area contributed by atoms with Gasteiger partial charge < -0.3 is 24.8 Å². The molecular formula is C19H16O6. The molecule has 6 heteroatoms. The molecule has 2 aromatic carbocycles. The van der Waals surface area contributed by atoms with Crippen molar-refractivity contribution >= 4 is 17.1 Å². The highest BCUT2D eigenvalue weighted by Crippen LogP contribution is 2.34. The van der Waals surface area contributed by atoms with Crippen molar-refractivity contribution in [2.45, 2.75) is 13.2 Å². The van der Waals surface area contributed by atoms with E-state index in [0.29, 0.717) is 22.3 Å². The fourth-order valence-corrected chi connectivity index (χ4v) is 2.51. The molecule has 3 rings (SSSR count). The van der Waals surface area contributed by atoms with Gasteiger partial charge in [0, 0.05) is 24.1 Å². The Morgan fingerprint density at radius 1 is 0.960 bits per heavy atom. The third-order valence-electron chi connectivity index (χ3n) is 3.59. The average molecular weight is 340 g/mol. The summed E-state index contributed by atoms with van der Waals surface area (Å²) in [6.07, 6.45) is 2.19. The van der Waals surface area contributed by atoms with E-state index in [9.17, 15) is 20.1 Å². The van der Waals surface area contributed by atoms with Crippen LogP contribution in [0.5, 0.6) is 17.2 Å². The van der Waals surface area contributed by atoms with E-state index in [4.69, 9.17) is 9.47 Å². The van der Waals surface area contributed by atoms with Gasteiger partial charge in [-0.05, 0) is 41.5 Å². The molecular weight excluding hydrogens is 324 g/mol. The summed E-state index contributed by atoms with van der Waals surface area (Å²) in [6, 6.07) is 10.5. The second kappa shape index (κ2) is 6.60. The van der Waals surface area contributed by atoms with Gasteiger partial charge in [0.15, 0.2) is 0 Å². The number of carbonyl (C=O) groups excluding carboxylic acids is 1. The first-order chi connectivity index (χ1) is 11.9. The third-order valence-corrected chi connectivity index (χ3v) is 3.59. The highest BCUT2D eigenvalue weighted by atomic mass is 16.7. The summed E-state index contributed by atoms with van der Waals surface area (Å²) >= 11 is 0. The summed E-state index contributed by atoms with van der Waals surface area (Å²) in [7, 11) is 0. The number of rotatable bonds is 3. The minimum Gasteiger partial charge on any atom is -0.508 e. The largest absolute Gasteiger partial charge is 0.508 e. The Hall–Kier alpha value is -3.41. The molecule has 1 aliphatic rings. The van der Waals surface area contributed by atoms with Crippen LogP contribution in [0.2, 0.25) is 0 Å². The lowest BCUT2D eigenvalue weighted by atomic mass is 9.97. The third kappa shape index (κ3) is 3.74. The molecule has 3 N–H and O–H groups in total. The molecule has 0 saturated heterocycles. The van der Waals surface area contributed by atoms with Crippen LogP contribution in [0.3, 0.4) is 0 Å². The Morgan fingerprint density at radius 2 is 1.60 bits per heavy atom. The van der Waals surface area contributed by atoms with E-state index in [-0.39, 0.29) is 17.2 Å². The van der Waals surface area contributed by atoms with Crippen LogP contribution < -0.4 is 0 Å². The maximum atomic E-state index is 11.3. The van der Waals surface area contributed by atoms with Crippen LogP contribution in [0.4, 0.5) is 0 Å². The number of ether oxygens (including phenoxy) is 2. The van der Waals surface area contributed by atoms with Gasteiger partial charge >= 0.3 is 5.97 Å². The Balaban J connectivity index is 2.03. The number of hydrogen-bond acceptors (Lipinski definition) is 6. The van der Waals surface area contributed by atoms with Crippen LogP contribution in [-0.2, 0) is 14.3 Å². The minimum atomic E-state index is -0.934. The molecule has 0 fully saturated rings. The molecule has 0 spiro atoms. The molecule has 6 nitrogen and oxygen atoms in total. The van der Waals surface area contributed by atoms with Gasteiger partial charge in [0.1, 0.15) is 17.2 Å². The molecule has 1 unspecified atom stereocenters. The lowest BCUT2D eigenvalue weighted by Gasteiger charge is -2.24. The highest BCUT2D eigenvalue weighted by molar-refractivity contribution is 5.87. The van der Waals surface area contributed by atoms with Crippen molar-refractivity contribution in [3.05, 3.63) is 65.9 Å². The van der Waals surface area contributed by atoms with Crippen LogP contribution >= 0.6 is 0 Å². The van der Waals surface area contributed by atoms with E-state index in [1.807, 2.05) is 0 Å². The van der Waals surface area contributed by atoms with Gasteiger partial charge in [-0.1, -0.05) is 12.1 Å². The first-order valence-electron chi connectivity index (χ1n) is 7.49. The summed E-state index contributed by atoms with van der Waals surface area (Å²) < 4.78 is 10.7. The van der Waals surface area contributed by atoms with Crippen LogP contribution in [0.15, 0.2) is 54.8 Å². The minimum absolute atomic E-state index is 0.0856. The monoisotopic (exact) mass is 340 g/mol. The summed E-state index contributed by atoms with van der Waals surface area (Å²) in [4.78, 5) is 11.3. The lowest BCUT2D eigenvalue weighted by Crippen LogP contribution is -2.22. The van der Waals surface area contributed by atoms with Crippen molar-refractivity contribution in [1.29, 1.82) is 0 Å². The van der Waals surface area contributed by atoms with E-state index >= 15 is 0 Å². The van der Waals surface area contributed by atoms with Gasteiger partial charge in [-0.15, -0.1) is 0 Å². The van der Waals surface area contributed by atoms with Crippen molar-refractivity contribution in [3.63, 3.8) is 0 Å². The number of allylic oxidation sites excluding steroid dienone is 2. The maximum absolute atomic E-state index is 11.3. The van der Waals surface area contributed by atoms with E-state index in [1.54, 1.807) is 18.2 Å². The molecule has 0 radical (unpaired) electrons. The Kier molecular flexibility index (Phi) is 4.35. The fraction of sp³-hybridized carbons (Fsp3) is 0.105. The number of aromatic hydroxyl groups is 3. The summed E-state index contributed by atoms with van der Waals surface area (Å²) in [5.74, 6) is -0.560. The molecule has 1 aliphatic heterocycles. The zero-order valence-electron chi connectivity index (χ0n) is 13.3. The average Bonchev–Trinajstić information content (AvgIpc) is 2.54. The normalized spacial score (nSPS) is 16.4. The van der Waals surface area contributed by atoms with Crippen molar-refractivity contribution in [2.75, 3.05) is 0 Å².